The van der Waals surface area contributed by atoms with E-state index in [0.717, 1.165) is 11.1 Å². The third kappa shape index (κ3) is 5.31. The van der Waals surface area contributed by atoms with Gasteiger partial charge in [0, 0.05) is 18.7 Å². The number of carbonyl (C=O) groups excluding carboxylic acids is 2. The highest BCUT2D eigenvalue weighted by atomic mass is 19.1. The van der Waals surface area contributed by atoms with Gasteiger partial charge in [-0.1, -0.05) is 36.4 Å². The van der Waals surface area contributed by atoms with Gasteiger partial charge in [-0.25, -0.2) is 4.39 Å². The van der Waals surface area contributed by atoms with E-state index in [1.807, 2.05) is 50.2 Å². The molecule has 1 heterocycles. The molecule has 6 nitrogen and oxygen atoms in total. The number of hydrogen-bond acceptors (Lipinski definition) is 5. The van der Waals surface area contributed by atoms with Gasteiger partial charge in [-0.15, -0.1) is 0 Å². The fourth-order valence-electron chi connectivity index (χ4n) is 4.21. The number of Topliss-reactive ketones (excluding diaryl/α,β-unsaturated/α-hetero) is 1. The Balaban J connectivity index is 1.64. The van der Waals surface area contributed by atoms with Crippen LogP contribution >= 0.6 is 0 Å². The lowest BCUT2D eigenvalue weighted by Crippen LogP contribution is -2.35. The standard InChI is InChI=1S/C29H29FN2O4/c1-19-6-4-5-7-22(19)18-36-24-14-10-21(11-15-24)27(33)25-26(20-8-12-23(30)13-9-20)32(17-16-31(2)3)29(35)28(25)34/h4-15,26,33H,16-18H2,1-3H3/b27-25+. The molecular weight excluding hydrogens is 459 g/mol. The molecule has 3 aromatic rings. The third-order valence-corrected chi connectivity index (χ3v) is 6.30. The van der Waals surface area contributed by atoms with E-state index in [4.69, 9.17) is 4.74 Å². The fourth-order valence-corrected chi connectivity index (χ4v) is 4.21. The Morgan fingerprint density at radius 1 is 1.00 bits per heavy atom. The summed E-state index contributed by atoms with van der Waals surface area (Å²) in [6, 6.07) is 19.5. The molecule has 0 aromatic heterocycles. The van der Waals surface area contributed by atoms with E-state index in [2.05, 4.69) is 0 Å². The Kier molecular flexibility index (Phi) is 7.50. The topological polar surface area (TPSA) is 70.1 Å². The predicted octanol–water partition coefficient (Wildman–Crippen LogP) is 4.70. The van der Waals surface area contributed by atoms with E-state index in [0.29, 0.717) is 30.0 Å². The molecular formula is C29H29FN2O4. The quantitative estimate of drug-likeness (QED) is 0.283. The molecule has 7 heteroatoms. The monoisotopic (exact) mass is 488 g/mol. The smallest absolute Gasteiger partial charge is 0.295 e. The number of nitrogens with zero attached hydrogens (tertiary/aromatic N) is 2. The highest BCUT2D eigenvalue weighted by Crippen LogP contribution is 2.39. The number of likely N-dealkylation sites (tertiary alicyclic amines) is 1. The normalized spacial score (nSPS) is 17.1. The lowest BCUT2D eigenvalue weighted by molar-refractivity contribution is -0.140. The largest absolute Gasteiger partial charge is 0.507 e. The van der Waals surface area contributed by atoms with Crippen LogP contribution in [-0.2, 0) is 16.2 Å². The average Bonchev–Trinajstić information content (AvgIpc) is 3.12. The maximum Gasteiger partial charge on any atom is 0.295 e. The Morgan fingerprint density at radius 2 is 1.67 bits per heavy atom. The van der Waals surface area contributed by atoms with Crippen molar-refractivity contribution in [1.82, 2.24) is 9.80 Å². The summed E-state index contributed by atoms with van der Waals surface area (Å²) in [5, 5.41) is 11.2. The van der Waals surface area contributed by atoms with Crippen molar-refractivity contribution in [3.8, 4) is 5.75 Å². The summed E-state index contributed by atoms with van der Waals surface area (Å²) >= 11 is 0. The van der Waals surface area contributed by atoms with Crippen molar-refractivity contribution in [1.29, 1.82) is 0 Å². The fraction of sp³-hybridized carbons (Fsp3) is 0.241. The van der Waals surface area contributed by atoms with E-state index in [1.165, 1.54) is 29.2 Å². The summed E-state index contributed by atoms with van der Waals surface area (Å²) in [4.78, 5) is 29.3. The Bertz CT molecular complexity index is 1280. The van der Waals surface area contributed by atoms with Crippen LogP contribution in [-0.4, -0.2) is 53.8 Å². The predicted molar refractivity (Wildman–Crippen MR) is 136 cm³/mol. The number of ketones is 1. The number of aliphatic hydroxyl groups excluding tert-OH is 1. The second-order valence-electron chi connectivity index (χ2n) is 9.09. The second-order valence-corrected chi connectivity index (χ2v) is 9.09. The number of likely N-dealkylation sites (N-methyl/N-ethyl adjacent to an activating group) is 1. The second kappa shape index (κ2) is 10.7. The van der Waals surface area contributed by atoms with Crippen molar-refractivity contribution in [2.24, 2.45) is 0 Å². The molecule has 3 aromatic carbocycles. The summed E-state index contributed by atoms with van der Waals surface area (Å²) in [6.45, 7) is 3.23. The van der Waals surface area contributed by atoms with Crippen molar-refractivity contribution < 1.29 is 23.8 Å². The molecule has 1 atom stereocenters. The zero-order chi connectivity index (χ0) is 25.8. The van der Waals surface area contributed by atoms with Crippen LogP contribution in [0.4, 0.5) is 4.39 Å². The van der Waals surface area contributed by atoms with Crippen molar-refractivity contribution >= 4 is 17.4 Å². The molecule has 36 heavy (non-hydrogen) atoms. The first kappa shape index (κ1) is 25.1. The van der Waals surface area contributed by atoms with Gasteiger partial charge in [0.2, 0.25) is 0 Å². The summed E-state index contributed by atoms with van der Waals surface area (Å²) in [5.41, 5.74) is 3.12. The van der Waals surface area contributed by atoms with Gasteiger partial charge in [-0.05, 0) is 74.1 Å². The zero-order valence-electron chi connectivity index (χ0n) is 20.6. The third-order valence-electron chi connectivity index (χ3n) is 6.30. The van der Waals surface area contributed by atoms with Crippen molar-refractivity contribution in [3.05, 3.63) is 106 Å². The number of amides is 1. The molecule has 186 valence electrons. The maximum absolute atomic E-state index is 13.6. The Labute approximate surface area is 210 Å². The van der Waals surface area contributed by atoms with Crippen molar-refractivity contribution in [3.63, 3.8) is 0 Å². The number of hydrogen-bond donors (Lipinski definition) is 1. The number of ether oxygens (including phenoxy) is 1. The van der Waals surface area contributed by atoms with E-state index < -0.39 is 23.5 Å². The average molecular weight is 489 g/mol. The van der Waals surface area contributed by atoms with Crippen LogP contribution in [0, 0.1) is 12.7 Å². The van der Waals surface area contributed by atoms with Gasteiger partial charge in [0.15, 0.2) is 0 Å². The van der Waals surface area contributed by atoms with Crippen LogP contribution in [0.3, 0.4) is 0 Å². The van der Waals surface area contributed by atoms with Crippen molar-refractivity contribution in [2.45, 2.75) is 19.6 Å². The minimum Gasteiger partial charge on any atom is -0.507 e. The summed E-state index contributed by atoms with van der Waals surface area (Å²) in [6.07, 6.45) is 0. The molecule has 1 fully saturated rings. The number of benzene rings is 3. The first-order valence-electron chi connectivity index (χ1n) is 11.7. The van der Waals surface area contributed by atoms with E-state index in [9.17, 15) is 19.1 Å². The minimum atomic E-state index is -0.817. The molecule has 0 radical (unpaired) electrons. The summed E-state index contributed by atoms with van der Waals surface area (Å²) in [5.74, 6) is -1.55. The van der Waals surface area contributed by atoms with Crippen molar-refractivity contribution in [2.75, 3.05) is 27.2 Å². The van der Waals surface area contributed by atoms with Crippen LogP contribution in [0.15, 0.2) is 78.4 Å². The van der Waals surface area contributed by atoms with Gasteiger partial charge in [0.1, 0.15) is 23.9 Å². The van der Waals surface area contributed by atoms with Crippen LogP contribution in [0.5, 0.6) is 5.75 Å². The summed E-state index contributed by atoms with van der Waals surface area (Å²) in [7, 11) is 3.73. The Morgan fingerprint density at radius 3 is 2.31 bits per heavy atom. The zero-order valence-corrected chi connectivity index (χ0v) is 20.6. The van der Waals surface area contributed by atoms with Gasteiger partial charge in [0.25, 0.3) is 11.7 Å². The molecule has 1 aliphatic rings. The van der Waals surface area contributed by atoms with Crippen LogP contribution in [0.1, 0.15) is 28.3 Å². The van der Waals surface area contributed by atoms with Gasteiger partial charge in [0.05, 0.1) is 11.6 Å². The molecule has 0 aliphatic carbocycles. The molecule has 1 amide bonds. The first-order valence-corrected chi connectivity index (χ1v) is 11.7. The van der Waals surface area contributed by atoms with E-state index >= 15 is 0 Å². The van der Waals surface area contributed by atoms with Gasteiger partial charge in [-0.3, -0.25) is 9.59 Å². The van der Waals surface area contributed by atoms with E-state index in [1.54, 1.807) is 24.3 Å². The number of carbonyl (C=O) groups is 2. The summed E-state index contributed by atoms with van der Waals surface area (Å²) < 4.78 is 19.5. The number of aliphatic hydroxyl groups is 1. The highest BCUT2D eigenvalue weighted by molar-refractivity contribution is 6.46. The van der Waals surface area contributed by atoms with Crippen LogP contribution in [0.2, 0.25) is 0 Å². The molecule has 4 rings (SSSR count). The molecule has 1 N–H and O–H groups in total. The van der Waals surface area contributed by atoms with Gasteiger partial charge in [-0.2, -0.15) is 0 Å². The Hall–Kier alpha value is -3.97. The SMILES string of the molecule is Cc1ccccc1COc1ccc(/C(O)=C2\C(=O)C(=O)N(CCN(C)C)C2c2ccc(F)cc2)cc1. The lowest BCUT2D eigenvalue weighted by atomic mass is 9.95. The van der Waals surface area contributed by atoms with Crippen LogP contribution in [0.25, 0.3) is 5.76 Å². The highest BCUT2D eigenvalue weighted by Gasteiger charge is 2.45. The molecule has 1 aliphatic heterocycles. The number of rotatable bonds is 8. The van der Waals surface area contributed by atoms with Crippen LogP contribution < -0.4 is 4.74 Å². The molecule has 0 bridgehead atoms. The number of aryl methyl sites for hydroxylation is 1. The van der Waals surface area contributed by atoms with E-state index in [-0.39, 0.29) is 17.9 Å². The van der Waals surface area contributed by atoms with Gasteiger partial charge < -0.3 is 19.6 Å². The molecule has 1 saturated heterocycles. The number of halogens is 1. The molecule has 0 spiro atoms. The first-order chi connectivity index (χ1) is 17.3. The molecule has 0 saturated carbocycles. The van der Waals surface area contributed by atoms with Gasteiger partial charge >= 0.3 is 0 Å². The minimum absolute atomic E-state index is 0.0149. The molecule has 1 unspecified atom stereocenters. The lowest BCUT2D eigenvalue weighted by Gasteiger charge is -2.26. The maximum atomic E-state index is 13.6.